The van der Waals surface area contributed by atoms with E-state index in [1.54, 1.807) is 42.2 Å². The molecule has 0 unspecified atom stereocenters. The van der Waals surface area contributed by atoms with E-state index in [9.17, 15) is 22.4 Å². The summed E-state index contributed by atoms with van der Waals surface area (Å²) < 4.78 is 40.0. The highest BCUT2D eigenvalue weighted by Gasteiger charge is 2.30. The van der Waals surface area contributed by atoms with Crippen LogP contribution in [0.5, 0.6) is 0 Å². The lowest BCUT2D eigenvalue weighted by Gasteiger charge is -2.33. The molecule has 1 saturated carbocycles. The molecule has 1 aliphatic rings. The van der Waals surface area contributed by atoms with Crippen molar-refractivity contribution in [2.75, 3.05) is 17.1 Å². The summed E-state index contributed by atoms with van der Waals surface area (Å²) in [6.45, 7) is 3.85. The van der Waals surface area contributed by atoms with Crippen LogP contribution in [0.4, 0.5) is 10.1 Å². The van der Waals surface area contributed by atoms with E-state index in [0.717, 1.165) is 38.4 Å². The third-order valence-electron chi connectivity index (χ3n) is 7.26. The van der Waals surface area contributed by atoms with Gasteiger partial charge in [-0.05, 0) is 68.0 Å². The molecule has 0 heterocycles. The third-order valence-corrected chi connectivity index (χ3v) is 8.85. The van der Waals surface area contributed by atoms with Crippen molar-refractivity contribution in [3.8, 4) is 0 Å². The molecule has 0 spiro atoms. The van der Waals surface area contributed by atoms with Crippen LogP contribution < -0.4 is 9.62 Å². The Morgan fingerprint density at radius 3 is 2.38 bits per heavy atom. The van der Waals surface area contributed by atoms with Gasteiger partial charge < -0.3 is 10.2 Å². The second kappa shape index (κ2) is 14.1. The van der Waals surface area contributed by atoms with Crippen molar-refractivity contribution in [2.45, 2.75) is 83.8 Å². The van der Waals surface area contributed by atoms with Crippen LogP contribution in [0.3, 0.4) is 0 Å². The van der Waals surface area contributed by atoms with Gasteiger partial charge in [-0.2, -0.15) is 0 Å². The van der Waals surface area contributed by atoms with Crippen LogP contribution in [0, 0.1) is 12.7 Å². The van der Waals surface area contributed by atoms with Crippen LogP contribution in [-0.4, -0.2) is 50.0 Å². The Bertz CT molecular complexity index is 1230. The van der Waals surface area contributed by atoms with E-state index in [1.165, 1.54) is 16.4 Å². The number of hydrogen-bond donors (Lipinski definition) is 1. The zero-order chi connectivity index (χ0) is 28.6. The molecule has 0 radical (unpaired) electrons. The first-order valence-corrected chi connectivity index (χ1v) is 15.8. The molecule has 0 saturated heterocycles. The molecule has 2 aromatic carbocycles. The molecule has 1 aliphatic carbocycles. The summed E-state index contributed by atoms with van der Waals surface area (Å²) >= 11 is 6.23. The third kappa shape index (κ3) is 8.67. The quantitative estimate of drug-likeness (QED) is 0.355. The maximum Gasteiger partial charge on any atom is 0.243 e. The Hall–Kier alpha value is -2.65. The highest BCUT2D eigenvalue weighted by atomic mass is 35.5. The van der Waals surface area contributed by atoms with E-state index in [0.29, 0.717) is 28.3 Å². The summed E-state index contributed by atoms with van der Waals surface area (Å²) in [5.74, 6) is -0.829. The van der Waals surface area contributed by atoms with Crippen LogP contribution in [0.2, 0.25) is 5.02 Å². The number of amides is 2. The molecule has 2 amide bonds. The van der Waals surface area contributed by atoms with Crippen molar-refractivity contribution in [1.82, 2.24) is 10.2 Å². The van der Waals surface area contributed by atoms with E-state index in [1.807, 2.05) is 6.92 Å². The predicted octanol–water partition coefficient (Wildman–Crippen LogP) is 5.59. The molecule has 0 aliphatic heterocycles. The number of hydrogen-bond acceptors (Lipinski definition) is 4. The van der Waals surface area contributed by atoms with Crippen molar-refractivity contribution >= 4 is 39.1 Å². The smallest absolute Gasteiger partial charge is 0.243 e. The standard InChI is InChI=1S/C29H39ClFN3O4S/c1-4-26(29(36)32-24-10-6-5-7-11-24)33(20-22-15-17-23(31)18-16-22)28(35)14-9-19-34(39(3,37)38)27-13-8-12-25(30)21(27)2/h8,12-13,15-18,24,26H,4-7,9-11,14,19-20H2,1-3H3,(H,32,36)/t26-/m1/s1. The molecule has 214 valence electrons. The number of halogens is 2. The first-order valence-electron chi connectivity index (χ1n) is 13.6. The van der Waals surface area contributed by atoms with E-state index in [2.05, 4.69) is 5.32 Å². The van der Waals surface area contributed by atoms with Crippen molar-refractivity contribution in [1.29, 1.82) is 0 Å². The maximum atomic E-state index is 13.6. The van der Waals surface area contributed by atoms with Crippen LogP contribution in [0.1, 0.15) is 69.4 Å². The molecule has 1 N–H and O–H groups in total. The van der Waals surface area contributed by atoms with E-state index in [4.69, 9.17) is 11.6 Å². The van der Waals surface area contributed by atoms with Crippen molar-refractivity contribution in [2.24, 2.45) is 0 Å². The molecular weight excluding hydrogens is 541 g/mol. The molecule has 7 nitrogen and oxygen atoms in total. The largest absolute Gasteiger partial charge is 0.352 e. The topological polar surface area (TPSA) is 86.8 Å². The number of sulfonamides is 1. The highest BCUT2D eigenvalue weighted by Crippen LogP contribution is 2.28. The monoisotopic (exact) mass is 579 g/mol. The molecule has 1 fully saturated rings. The van der Waals surface area contributed by atoms with Gasteiger partial charge in [-0.1, -0.05) is 56.0 Å². The Morgan fingerprint density at radius 2 is 1.77 bits per heavy atom. The molecule has 0 aromatic heterocycles. The summed E-state index contributed by atoms with van der Waals surface area (Å²) in [7, 11) is -3.63. The van der Waals surface area contributed by atoms with Gasteiger partial charge in [-0.3, -0.25) is 13.9 Å². The van der Waals surface area contributed by atoms with E-state index in [-0.39, 0.29) is 49.6 Å². The van der Waals surface area contributed by atoms with Gasteiger partial charge in [0.25, 0.3) is 0 Å². The Kier molecular flexibility index (Phi) is 11.2. The molecule has 2 aromatic rings. The highest BCUT2D eigenvalue weighted by molar-refractivity contribution is 7.92. The summed E-state index contributed by atoms with van der Waals surface area (Å²) in [5.41, 5.74) is 1.82. The SMILES string of the molecule is CC[C@H](C(=O)NC1CCCCC1)N(Cc1ccc(F)cc1)C(=O)CCCN(c1cccc(Cl)c1C)S(C)(=O)=O. The average molecular weight is 580 g/mol. The number of anilines is 1. The van der Waals surface area contributed by atoms with Gasteiger partial charge in [0, 0.05) is 30.6 Å². The summed E-state index contributed by atoms with van der Waals surface area (Å²) in [4.78, 5) is 28.5. The fraction of sp³-hybridized carbons (Fsp3) is 0.517. The summed E-state index contributed by atoms with van der Waals surface area (Å²) in [6, 6.07) is 10.4. The fourth-order valence-corrected chi connectivity index (χ4v) is 6.28. The zero-order valence-corrected chi connectivity index (χ0v) is 24.5. The lowest BCUT2D eigenvalue weighted by atomic mass is 9.95. The summed E-state index contributed by atoms with van der Waals surface area (Å²) in [6.07, 6.45) is 7.00. The minimum Gasteiger partial charge on any atom is -0.352 e. The van der Waals surface area contributed by atoms with Gasteiger partial charge in [0.05, 0.1) is 11.9 Å². The first-order chi connectivity index (χ1) is 18.5. The van der Waals surface area contributed by atoms with Crippen molar-refractivity contribution < 1.29 is 22.4 Å². The number of nitrogens with zero attached hydrogens (tertiary/aromatic N) is 2. The van der Waals surface area contributed by atoms with Crippen LogP contribution in [0.25, 0.3) is 0 Å². The molecular formula is C29H39ClFN3O4S. The predicted molar refractivity (Wildman–Crippen MR) is 154 cm³/mol. The van der Waals surface area contributed by atoms with Gasteiger partial charge in [0.1, 0.15) is 11.9 Å². The molecule has 1 atom stereocenters. The second-order valence-electron chi connectivity index (χ2n) is 10.2. The number of carbonyl (C=O) groups is 2. The van der Waals surface area contributed by atoms with Crippen molar-refractivity contribution in [3.05, 3.63) is 64.4 Å². The lowest BCUT2D eigenvalue weighted by Crippen LogP contribution is -2.51. The Balaban J connectivity index is 1.77. The van der Waals surface area contributed by atoms with Gasteiger partial charge in [-0.15, -0.1) is 0 Å². The normalized spacial score (nSPS) is 15.0. The lowest BCUT2D eigenvalue weighted by molar-refractivity contribution is -0.141. The minimum absolute atomic E-state index is 0.0417. The number of benzene rings is 2. The maximum absolute atomic E-state index is 13.6. The van der Waals surface area contributed by atoms with E-state index >= 15 is 0 Å². The number of carbonyl (C=O) groups excluding carboxylic acids is 2. The van der Waals surface area contributed by atoms with Gasteiger partial charge in [0.15, 0.2) is 0 Å². The zero-order valence-electron chi connectivity index (χ0n) is 23.0. The Labute approximate surface area is 236 Å². The first kappa shape index (κ1) is 30.9. The number of nitrogens with one attached hydrogen (secondary N) is 1. The van der Waals surface area contributed by atoms with Crippen LogP contribution in [-0.2, 0) is 26.2 Å². The number of rotatable bonds is 12. The van der Waals surface area contributed by atoms with Crippen LogP contribution in [0.15, 0.2) is 42.5 Å². The van der Waals surface area contributed by atoms with Crippen molar-refractivity contribution in [3.63, 3.8) is 0 Å². The van der Waals surface area contributed by atoms with E-state index < -0.39 is 16.1 Å². The second-order valence-corrected chi connectivity index (χ2v) is 12.6. The summed E-state index contributed by atoms with van der Waals surface area (Å²) in [5, 5.41) is 3.59. The minimum atomic E-state index is -3.63. The molecule has 10 heteroatoms. The van der Waals surface area contributed by atoms with Gasteiger partial charge in [-0.25, -0.2) is 12.8 Å². The Morgan fingerprint density at radius 1 is 1.10 bits per heavy atom. The van der Waals surface area contributed by atoms with Gasteiger partial charge >= 0.3 is 0 Å². The molecule has 3 rings (SSSR count). The molecule has 39 heavy (non-hydrogen) atoms. The fourth-order valence-electron chi connectivity index (χ4n) is 5.10. The average Bonchev–Trinajstić information content (AvgIpc) is 2.89. The van der Waals surface area contributed by atoms with Crippen LogP contribution >= 0.6 is 11.6 Å². The molecule has 0 bridgehead atoms. The van der Waals surface area contributed by atoms with Gasteiger partial charge in [0.2, 0.25) is 21.8 Å².